The minimum absolute atomic E-state index is 0.275. The average Bonchev–Trinajstić information content (AvgIpc) is 3.23. The molecule has 0 radical (unpaired) electrons. The predicted octanol–water partition coefficient (Wildman–Crippen LogP) is 5.59. The number of ether oxygens (including phenoxy) is 2. The van der Waals surface area contributed by atoms with Crippen LogP contribution in [0.1, 0.15) is 10.5 Å². The lowest BCUT2D eigenvalue weighted by atomic mass is 10.1. The topological polar surface area (TPSA) is 103 Å². The number of nitrogens with one attached hydrogen (secondary N) is 2. The molecular weight excluding hydrogens is 492 g/mol. The average molecular weight is 515 g/mol. The number of aromatic nitrogens is 4. The van der Waals surface area contributed by atoms with Crippen LogP contribution in [0.2, 0.25) is 5.02 Å². The number of nitrogens with zero attached hydrogens (tertiary/aromatic N) is 4. The van der Waals surface area contributed by atoms with Gasteiger partial charge in [-0.15, -0.1) is 0 Å². The van der Waals surface area contributed by atoms with Crippen molar-refractivity contribution in [2.45, 2.75) is 0 Å². The molecule has 1 amide bonds. The monoisotopic (exact) mass is 514 g/mol. The number of fused-ring (bicyclic) bond motifs is 1. The third kappa shape index (κ3) is 5.03. The molecule has 0 unspecified atom stereocenters. The minimum atomic E-state index is -0.283. The van der Waals surface area contributed by atoms with Gasteiger partial charge in [-0.1, -0.05) is 11.6 Å². The molecule has 0 aliphatic carbocycles. The summed E-state index contributed by atoms with van der Waals surface area (Å²) in [4.78, 5) is 24.9. The lowest BCUT2D eigenvalue weighted by molar-refractivity contribution is 0.0958. The highest BCUT2D eigenvalue weighted by molar-refractivity contribution is 6.33. The summed E-state index contributed by atoms with van der Waals surface area (Å²) in [6, 6.07) is 16.5. The molecule has 0 saturated carbocycles. The van der Waals surface area contributed by atoms with Crippen LogP contribution in [0.5, 0.6) is 17.2 Å². The molecule has 3 heterocycles. The molecule has 9 nitrogen and oxygen atoms in total. The zero-order chi connectivity index (χ0) is 25.9. The van der Waals surface area contributed by atoms with Crippen LogP contribution in [0.3, 0.4) is 0 Å². The van der Waals surface area contributed by atoms with Gasteiger partial charge in [-0.2, -0.15) is 0 Å². The largest absolute Gasteiger partial charge is 0.495 e. The third-order valence-corrected chi connectivity index (χ3v) is 6.09. The maximum Gasteiger partial charge on any atom is 0.269 e. The molecule has 3 aromatic heterocycles. The van der Waals surface area contributed by atoms with Crippen molar-refractivity contribution in [3.05, 3.63) is 83.9 Å². The van der Waals surface area contributed by atoms with E-state index in [-0.39, 0.29) is 11.6 Å². The standard InChI is InChI=1S/C27H23ClN6O3/c1-29-26(35)24-13-19(8-9-31-24)37-18-5-7-25-23(12-18)33-27(34(25)2)32-17-4-6-22(28)21(11-17)16-10-20(36-3)15-30-14-16/h4-15H,1-3H3,(H,29,35)(H,32,33). The summed E-state index contributed by atoms with van der Waals surface area (Å²) in [5.41, 5.74) is 4.42. The maximum absolute atomic E-state index is 11.9. The molecule has 10 heteroatoms. The Balaban J connectivity index is 1.41. The Bertz CT molecular complexity index is 1620. The molecule has 5 rings (SSSR count). The Morgan fingerprint density at radius 1 is 1.00 bits per heavy atom. The van der Waals surface area contributed by atoms with Gasteiger partial charge in [-0.05, 0) is 42.5 Å². The zero-order valence-electron chi connectivity index (χ0n) is 20.3. The van der Waals surface area contributed by atoms with Crippen LogP contribution in [0.15, 0.2) is 73.2 Å². The van der Waals surface area contributed by atoms with E-state index in [0.717, 1.165) is 27.8 Å². The molecule has 2 aromatic carbocycles. The zero-order valence-corrected chi connectivity index (χ0v) is 21.1. The second kappa shape index (κ2) is 10.2. The van der Waals surface area contributed by atoms with Crippen molar-refractivity contribution in [1.82, 2.24) is 24.8 Å². The van der Waals surface area contributed by atoms with E-state index in [1.165, 1.54) is 6.20 Å². The highest BCUT2D eigenvalue weighted by Crippen LogP contribution is 2.33. The number of carbonyl (C=O) groups excluding carboxylic acids is 1. The second-order valence-corrected chi connectivity index (χ2v) is 8.54. The van der Waals surface area contributed by atoms with E-state index < -0.39 is 0 Å². The normalized spacial score (nSPS) is 10.8. The van der Waals surface area contributed by atoms with Gasteiger partial charge in [-0.25, -0.2) is 4.98 Å². The molecule has 0 fully saturated rings. The molecule has 2 N–H and O–H groups in total. The number of methoxy groups -OCH3 is 1. The number of pyridine rings is 2. The Morgan fingerprint density at radius 3 is 2.65 bits per heavy atom. The van der Waals surface area contributed by atoms with E-state index in [1.807, 2.05) is 54.1 Å². The molecule has 0 aliphatic heterocycles. The lowest BCUT2D eigenvalue weighted by Crippen LogP contribution is -2.18. The number of imidazole rings is 1. The molecule has 5 aromatic rings. The van der Waals surface area contributed by atoms with Gasteiger partial charge in [0.05, 0.1) is 24.3 Å². The van der Waals surface area contributed by atoms with Crippen LogP contribution in [0.4, 0.5) is 11.6 Å². The molecule has 37 heavy (non-hydrogen) atoms. The third-order valence-electron chi connectivity index (χ3n) is 5.76. The van der Waals surface area contributed by atoms with Crippen LogP contribution in [-0.4, -0.2) is 39.6 Å². The van der Waals surface area contributed by atoms with Crippen molar-refractivity contribution in [2.75, 3.05) is 19.5 Å². The van der Waals surface area contributed by atoms with Gasteiger partial charge >= 0.3 is 0 Å². The van der Waals surface area contributed by atoms with Crippen molar-refractivity contribution in [3.63, 3.8) is 0 Å². The Labute approximate surface area is 218 Å². The smallest absolute Gasteiger partial charge is 0.269 e. The summed E-state index contributed by atoms with van der Waals surface area (Å²) in [6.45, 7) is 0. The molecule has 0 atom stereocenters. The van der Waals surface area contributed by atoms with Crippen molar-refractivity contribution in [1.29, 1.82) is 0 Å². The summed E-state index contributed by atoms with van der Waals surface area (Å²) in [6.07, 6.45) is 4.92. The van der Waals surface area contributed by atoms with Gasteiger partial charge in [0.2, 0.25) is 5.95 Å². The number of benzene rings is 2. The van der Waals surface area contributed by atoms with E-state index >= 15 is 0 Å². The fourth-order valence-corrected chi connectivity index (χ4v) is 4.08. The lowest BCUT2D eigenvalue weighted by Gasteiger charge is -2.11. The van der Waals surface area contributed by atoms with Crippen LogP contribution >= 0.6 is 11.6 Å². The van der Waals surface area contributed by atoms with Gasteiger partial charge in [0.25, 0.3) is 5.91 Å². The van der Waals surface area contributed by atoms with Crippen LogP contribution < -0.4 is 20.1 Å². The first-order chi connectivity index (χ1) is 17.9. The Morgan fingerprint density at radius 2 is 1.84 bits per heavy atom. The Hall–Kier alpha value is -4.63. The SMILES string of the molecule is CNC(=O)c1cc(Oc2ccc3c(c2)nc(Nc2ccc(Cl)c(-c4cncc(OC)c4)c2)n3C)ccn1. The van der Waals surface area contributed by atoms with E-state index in [9.17, 15) is 4.79 Å². The van der Waals surface area contributed by atoms with Gasteiger partial charge < -0.3 is 24.7 Å². The Kier molecular flexibility index (Phi) is 6.61. The first kappa shape index (κ1) is 24.1. The van der Waals surface area contributed by atoms with Gasteiger partial charge in [0.1, 0.15) is 22.9 Å². The van der Waals surface area contributed by atoms with Crippen molar-refractivity contribution in [3.8, 4) is 28.4 Å². The highest BCUT2D eigenvalue weighted by Gasteiger charge is 2.13. The van der Waals surface area contributed by atoms with Crippen molar-refractivity contribution < 1.29 is 14.3 Å². The van der Waals surface area contributed by atoms with E-state index in [1.54, 1.807) is 38.7 Å². The number of aryl methyl sites for hydroxylation is 1. The van der Waals surface area contributed by atoms with Crippen LogP contribution in [0, 0.1) is 0 Å². The molecule has 0 bridgehead atoms. The first-order valence-corrected chi connectivity index (χ1v) is 11.7. The molecule has 0 aliphatic rings. The summed E-state index contributed by atoms with van der Waals surface area (Å²) in [7, 11) is 5.08. The second-order valence-electron chi connectivity index (χ2n) is 8.14. The van der Waals surface area contributed by atoms with E-state index in [0.29, 0.717) is 28.2 Å². The predicted molar refractivity (Wildman–Crippen MR) is 143 cm³/mol. The summed E-state index contributed by atoms with van der Waals surface area (Å²) in [5, 5.41) is 6.52. The molecule has 186 valence electrons. The maximum atomic E-state index is 11.9. The molecular formula is C27H23ClN6O3. The first-order valence-electron chi connectivity index (χ1n) is 11.3. The van der Waals surface area contributed by atoms with Crippen molar-refractivity contribution in [2.24, 2.45) is 7.05 Å². The number of anilines is 2. The number of rotatable bonds is 7. The number of hydrogen-bond donors (Lipinski definition) is 2. The van der Waals surface area contributed by atoms with Gasteiger partial charge in [-0.3, -0.25) is 14.8 Å². The summed E-state index contributed by atoms with van der Waals surface area (Å²) in [5.74, 6) is 2.11. The van der Waals surface area contributed by atoms with Crippen LogP contribution in [0.25, 0.3) is 22.2 Å². The number of carbonyl (C=O) groups is 1. The fraction of sp³-hybridized carbons (Fsp3) is 0.111. The highest BCUT2D eigenvalue weighted by atomic mass is 35.5. The summed E-state index contributed by atoms with van der Waals surface area (Å²) < 4.78 is 13.2. The quantitative estimate of drug-likeness (QED) is 0.292. The number of amides is 1. The minimum Gasteiger partial charge on any atom is -0.495 e. The molecule has 0 saturated heterocycles. The van der Waals surface area contributed by atoms with Crippen molar-refractivity contribution >= 4 is 40.2 Å². The van der Waals surface area contributed by atoms with Crippen LogP contribution in [-0.2, 0) is 7.05 Å². The fourth-order valence-electron chi connectivity index (χ4n) is 3.85. The molecule has 0 spiro atoms. The van der Waals surface area contributed by atoms with E-state index in [2.05, 4.69) is 20.6 Å². The van der Waals surface area contributed by atoms with Gasteiger partial charge in [0, 0.05) is 60.5 Å². The number of hydrogen-bond acceptors (Lipinski definition) is 7. The number of halogens is 1. The van der Waals surface area contributed by atoms with Gasteiger partial charge in [0.15, 0.2) is 0 Å². The summed E-state index contributed by atoms with van der Waals surface area (Å²) >= 11 is 6.49. The van der Waals surface area contributed by atoms with E-state index in [4.69, 9.17) is 26.1 Å².